The molecule has 7 heteroatoms. The number of nitro groups is 1. The molecule has 0 spiro atoms. The minimum atomic E-state index is -2.88. The summed E-state index contributed by atoms with van der Waals surface area (Å²) in [6.07, 6.45) is -2.88. The molecule has 0 fully saturated rings. The first-order chi connectivity index (χ1) is 6.56. The van der Waals surface area contributed by atoms with E-state index in [2.05, 4.69) is 0 Å². The number of anilines is 1. The molecule has 0 bridgehead atoms. The number of nitrogens with zero attached hydrogens (tertiary/aromatic N) is 1. The van der Waals surface area contributed by atoms with Gasteiger partial charge in [-0.05, 0) is 6.07 Å². The molecule has 0 saturated heterocycles. The van der Waals surface area contributed by atoms with Gasteiger partial charge in [0, 0.05) is 17.7 Å². The predicted molar refractivity (Wildman–Crippen MR) is 43.5 cm³/mol. The summed E-state index contributed by atoms with van der Waals surface area (Å²) in [5, 5.41) is 18.7. The van der Waals surface area contributed by atoms with E-state index in [0.717, 1.165) is 12.1 Å². The lowest BCUT2D eigenvalue weighted by Crippen LogP contribution is -1.98. The van der Waals surface area contributed by atoms with Crippen LogP contribution in [0.1, 0.15) is 12.0 Å². The van der Waals surface area contributed by atoms with Crippen LogP contribution in [0.3, 0.4) is 0 Å². The second-order valence-corrected chi connectivity index (χ2v) is 2.44. The molecule has 0 aliphatic carbocycles. The van der Waals surface area contributed by atoms with Crippen LogP contribution in [0.5, 0.6) is 0 Å². The average Bonchev–Trinajstić information content (AvgIpc) is 2.16. The van der Waals surface area contributed by atoms with E-state index in [1.165, 1.54) is 0 Å². The van der Waals surface area contributed by atoms with E-state index < -0.39 is 22.6 Å². The molecule has 0 amide bonds. The molecule has 1 aromatic carbocycles. The highest BCUT2D eigenvalue weighted by atomic mass is 19.3. The van der Waals surface area contributed by atoms with Gasteiger partial charge < -0.3 is 0 Å². The fraction of sp³-hybridized carbons (Fsp3) is 0.143. The molecular formula is C7H6F2N2O3. The molecule has 0 aromatic heterocycles. The Labute approximate surface area is 77.1 Å². The van der Waals surface area contributed by atoms with Crippen LogP contribution in [0.2, 0.25) is 0 Å². The molecule has 0 saturated carbocycles. The van der Waals surface area contributed by atoms with Crippen molar-refractivity contribution in [2.75, 3.05) is 5.48 Å². The summed E-state index contributed by atoms with van der Waals surface area (Å²) in [5.41, 5.74) is 0.241. The van der Waals surface area contributed by atoms with E-state index in [-0.39, 0.29) is 5.69 Å². The normalized spacial score (nSPS) is 10.3. The minimum Gasteiger partial charge on any atom is -0.291 e. The van der Waals surface area contributed by atoms with Crippen molar-refractivity contribution >= 4 is 11.4 Å². The third kappa shape index (κ3) is 1.94. The Morgan fingerprint density at radius 3 is 2.57 bits per heavy atom. The topological polar surface area (TPSA) is 75.4 Å². The zero-order chi connectivity index (χ0) is 10.7. The van der Waals surface area contributed by atoms with Crippen molar-refractivity contribution in [2.24, 2.45) is 0 Å². The van der Waals surface area contributed by atoms with Gasteiger partial charge in [0.05, 0.1) is 10.6 Å². The number of nitro benzene ring substituents is 1. The highest BCUT2D eigenvalue weighted by Crippen LogP contribution is 2.30. The first-order valence-corrected chi connectivity index (χ1v) is 3.53. The zero-order valence-corrected chi connectivity index (χ0v) is 6.78. The van der Waals surface area contributed by atoms with Gasteiger partial charge in [0.2, 0.25) is 0 Å². The van der Waals surface area contributed by atoms with Gasteiger partial charge in [-0.15, -0.1) is 0 Å². The third-order valence-corrected chi connectivity index (χ3v) is 1.60. The molecule has 76 valence electrons. The maximum absolute atomic E-state index is 12.3. The molecule has 0 aliphatic rings. The summed E-state index contributed by atoms with van der Waals surface area (Å²) in [7, 11) is 0. The summed E-state index contributed by atoms with van der Waals surface area (Å²) in [6.45, 7) is 0. The van der Waals surface area contributed by atoms with Gasteiger partial charge >= 0.3 is 0 Å². The highest BCUT2D eigenvalue weighted by Gasteiger charge is 2.17. The van der Waals surface area contributed by atoms with E-state index in [0.29, 0.717) is 6.07 Å². The van der Waals surface area contributed by atoms with E-state index in [4.69, 9.17) is 5.21 Å². The van der Waals surface area contributed by atoms with Gasteiger partial charge in [0.1, 0.15) is 0 Å². The van der Waals surface area contributed by atoms with Crippen molar-refractivity contribution in [1.29, 1.82) is 0 Å². The quantitative estimate of drug-likeness (QED) is 0.585. The average molecular weight is 204 g/mol. The lowest BCUT2D eigenvalue weighted by Gasteiger charge is -2.06. The van der Waals surface area contributed by atoms with Crippen LogP contribution in [0.25, 0.3) is 0 Å². The van der Waals surface area contributed by atoms with Crippen molar-refractivity contribution in [1.82, 2.24) is 0 Å². The monoisotopic (exact) mass is 204 g/mol. The van der Waals surface area contributed by atoms with Gasteiger partial charge in [-0.3, -0.25) is 20.8 Å². The molecule has 0 radical (unpaired) electrons. The summed E-state index contributed by atoms with van der Waals surface area (Å²) < 4.78 is 24.6. The largest absolute Gasteiger partial charge is 0.291 e. The maximum Gasteiger partial charge on any atom is 0.270 e. The standard InChI is InChI=1S/C7H6F2N2O3/c8-7(9)5-3-4(11(13)14)1-2-6(5)10-12/h1-3,7,10,12H. The van der Waals surface area contributed by atoms with Gasteiger partial charge in [-0.1, -0.05) is 0 Å². The lowest BCUT2D eigenvalue weighted by molar-refractivity contribution is -0.385. The van der Waals surface area contributed by atoms with Gasteiger partial charge in [0.25, 0.3) is 12.1 Å². The predicted octanol–water partition coefficient (Wildman–Crippen LogP) is 2.33. The summed E-state index contributed by atoms with van der Waals surface area (Å²) in [6, 6.07) is 2.74. The number of hydrogen-bond donors (Lipinski definition) is 2. The number of hydrogen-bond acceptors (Lipinski definition) is 4. The smallest absolute Gasteiger partial charge is 0.270 e. The Kier molecular flexibility index (Phi) is 2.92. The van der Waals surface area contributed by atoms with E-state index in [9.17, 15) is 18.9 Å². The Bertz CT molecular complexity index is 357. The number of halogens is 2. The van der Waals surface area contributed by atoms with Crippen molar-refractivity contribution in [2.45, 2.75) is 6.43 Å². The van der Waals surface area contributed by atoms with E-state index in [1.54, 1.807) is 5.48 Å². The summed E-state index contributed by atoms with van der Waals surface area (Å²) in [5.74, 6) is 0. The van der Waals surface area contributed by atoms with Gasteiger partial charge in [-0.2, -0.15) is 0 Å². The number of rotatable bonds is 3. The summed E-state index contributed by atoms with van der Waals surface area (Å²) in [4.78, 5) is 9.47. The van der Waals surface area contributed by atoms with Crippen molar-refractivity contribution < 1.29 is 18.9 Å². The number of alkyl halides is 2. The number of benzene rings is 1. The van der Waals surface area contributed by atoms with Crippen LogP contribution in [-0.2, 0) is 0 Å². The summed E-state index contributed by atoms with van der Waals surface area (Å²) >= 11 is 0. The molecule has 2 N–H and O–H groups in total. The zero-order valence-electron chi connectivity index (χ0n) is 6.78. The molecule has 14 heavy (non-hydrogen) atoms. The minimum absolute atomic E-state index is 0.245. The Morgan fingerprint density at radius 1 is 1.50 bits per heavy atom. The van der Waals surface area contributed by atoms with Crippen LogP contribution in [0.15, 0.2) is 18.2 Å². The SMILES string of the molecule is O=[N+]([O-])c1ccc(NO)c(C(F)F)c1. The molecule has 0 unspecified atom stereocenters. The molecule has 0 heterocycles. The Hall–Kier alpha value is -1.76. The molecule has 1 rings (SSSR count). The van der Waals surface area contributed by atoms with Crippen LogP contribution in [-0.4, -0.2) is 10.1 Å². The van der Waals surface area contributed by atoms with Gasteiger partial charge in [0.15, 0.2) is 0 Å². The van der Waals surface area contributed by atoms with Crippen LogP contribution in [0, 0.1) is 10.1 Å². The number of non-ortho nitro benzene ring substituents is 1. The first kappa shape index (κ1) is 10.3. The van der Waals surface area contributed by atoms with Crippen molar-refractivity contribution in [3.63, 3.8) is 0 Å². The Balaban J connectivity index is 3.20. The fourth-order valence-corrected chi connectivity index (χ4v) is 0.946. The van der Waals surface area contributed by atoms with Crippen molar-refractivity contribution in [3.8, 4) is 0 Å². The second-order valence-electron chi connectivity index (χ2n) is 2.44. The second kappa shape index (κ2) is 3.97. The highest BCUT2D eigenvalue weighted by molar-refractivity contribution is 5.55. The third-order valence-electron chi connectivity index (χ3n) is 1.60. The number of nitrogens with one attached hydrogen (secondary N) is 1. The van der Waals surface area contributed by atoms with Crippen LogP contribution in [0.4, 0.5) is 20.2 Å². The van der Waals surface area contributed by atoms with E-state index >= 15 is 0 Å². The molecular weight excluding hydrogens is 198 g/mol. The fourth-order valence-electron chi connectivity index (χ4n) is 0.946. The maximum atomic E-state index is 12.3. The lowest BCUT2D eigenvalue weighted by atomic mass is 10.1. The van der Waals surface area contributed by atoms with Crippen molar-refractivity contribution in [3.05, 3.63) is 33.9 Å². The molecule has 0 aliphatic heterocycles. The molecule has 0 atom stereocenters. The molecule has 1 aromatic rings. The van der Waals surface area contributed by atoms with Gasteiger partial charge in [-0.25, -0.2) is 8.78 Å². The first-order valence-electron chi connectivity index (χ1n) is 3.53. The van der Waals surface area contributed by atoms with Crippen LogP contribution >= 0.6 is 0 Å². The van der Waals surface area contributed by atoms with Crippen LogP contribution < -0.4 is 5.48 Å². The Morgan fingerprint density at radius 2 is 2.14 bits per heavy atom. The molecule has 5 nitrogen and oxygen atoms in total. The van der Waals surface area contributed by atoms with E-state index in [1.807, 2.05) is 0 Å².